The zero-order valence-electron chi connectivity index (χ0n) is 12.0. The number of rotatable bonds is 7. The molecule has 3 nitrogen and oxygen atoms in total. The smallest absolute Gasteiger partial charge is 0.0713 e. The van der Waals surface area contributed by atoms with Gasteiger partial charge in [0, 0.05) is 25.7 Å². The van der Waals surface area contributed by atoms with Gasteiger partial charge < -0.3 is 10.5 Å². The summed E-state index contributed by atoms with van der Waals surface area (Å²) in [4.78, 5) is 2.35. The maximum Gasteiger partial charge on any atom is 0.0713 e. The third kappa shape index (κ3) is 3.80. The second-order valence-corrected chi connectivity index (χ2v) is 4.85. The van der Waals surface area contributed by atoms with Crippen molar-refractivity contribution < 1.29 is 4.74 Å². The number of nitrogens with zero attached hydrogens (tertiary/aromatic N) is 1. The number of benzene rings is 1. The first-order chi connectivity index (χ1) is 8.63. The number of hydrogen-bond donors (Lipinski definition) is 1. The van der Waals surface area contributed by atoms with Crippen LogP contribution in [0, 0.1) is 0 Å². The van der Waals surface area contributed by atoms with E-state index in [1.54, 1.807) is 7.11 Å². The quantitative estimate of drug-likeness (QED) is 0.808. The molecular formula is C15H26N2O. The van der Waals surface area contributed by atoms with E-state index in [1.807, 2.05) is 0 Å². The van der Waals surface area contributed by atoms with Crippen LogP contribution in [0.15, 0.2) is 24.3 Å². The topological polar surface area (TPSA) is 38.5 Å². The van der Waals surface area contributed by atoms with E-state index in [0.29, 0.717) is 19.2 Å². The molecule has 2 unspecified atom stereocenters. The highest BCUT2D eigenvalue weighted by Crippen LogP contribution is 2.22. The molecule has 2 atom stereocenters. The zero-order chi connectivity index (χ0) is 13.5. The Morgan fingerprint density at radius 1 is 1.28 bits per heavy atom. The van der Waals surface area contributed by atoms with Crippen LogP contribution in [0.25, 0.3) is 0 Å². The van der Waals surface area contributed by atoms with Gasteiger partial charge >= 0.3 is 0 Å². The molecule has 0 aliphatic carbocycles. The highest BCUT2D eigenvalue weighted by Gasteiger charge is 2.18. The van der Waals surface area contributed by atoms with Crippen molar-refractivity contribution in [2.45, 2.75) is 39.0 Å². The first-order valence-corrected chi connectivity index (χ1v) is 6.63. The Morgan fingerprint density at radius 3 is 2.33 bits per heavy atom. The van der Waals surface area contributed by atoms with Gasteiger partial charge in [0.05, 0.1) is 6.61 Å². The summed E-state index contributed by atoms with van der Waals surface area (Å²) >= 11 is 0. The van der Waals surface area contributed by atoms with Gasteiger partial charge in [0.1, 0.15) is 0 Å². The van der Waals surface area contributed by atoms with E-state index >= 15 is 0 Å². The molecule has 0 aromatic heterocycles. The summed E-state index contributed by atoms with van der Waals surface area (Å²) in [6.07, 6.45) is 1.13. The van der Waals surface area contributed by atoms with Crippen molar-refractivity contribution in [3.8, 4) is 0 Å². The van der Waals surface area contributed by atoms with E-state index < -0.39 is 0 Å². The van der Waals surface area contributed by atoms with E-state index in [2.05, 4.69) is 50.1 Å². The van der Waals surface area contributed by atoms with Crippen LogP contribution in [0.4, 0.5) is 0 Å². The molecule has 1 rings (SSSR count). The molecule has 1 aromatic rings. The molecule has 0 bridgehead atoms. The monoisotopic (exact) mass is 250 g/mol. The van der Waals surface area contributed by atoms with Crippen LogP contribution in [-0.4, -0.2) is 31.6 Å². The fraction of sp³-hybridized carbons (Fsp3) is 0.600. The molecule has 2 N–H and O–H groups in total. The van der Waals surface area contributed by atoms with Gasteiger partial charge in [-0.15, -0.1) is 0 Å². The van der Waals surface area contributed by atoms with E-state index in [-0.39, 0.29) is 6.04 Å². The minimum atomic E-state index is 0.288. The first-order valence-electron chi connectivity index (χ1n) is 6.63. The van der Waals surface area contributed by atoms with Gasteiger partial charge in [0.2, 0.25) is 0 Å². The molecule has 1 aromatic carbocycles. The lowest BCUT2D eigenvalue weighted by atomic mass is 10.0. The Bertz CT molecular complexity index is 337. The van der Waals surface area contributed by atoms with Gasteiger partial charge in [-0.25, -0.2) is 0 Å². The molecule has 0 saturated heterocycles. The largest absolute Gasteiger partial charge is 0.380 e. The van der Waals surface area contributed by atoms with Crippen molar-refractivity contribution >= 4 is 0 Å². The summed E-state index contributed by atoms with van der Waals surface area (Å²) in [5.74, 6) is 0. The molecule has 0 amide bonds. The normalized spacial score (nSPS) is 14.8. The maximum atomic E-state index is 5.93. The predicted molar refractivity (Wildman–Crippen MR) is 76.5 cm³/mol. The fourth-order valence-corrected chi connectivity index (χ4v) is 2.14. The van der Waals surface area contributed by atoms with Gasteiger partial charge in [-0.3, -0.25) is 4.90 Å². The van der Waals surface area contributed by atoms with E-state index in [1.165, 1.54) is 11.1 Å². The second-order valence-electron chi connectivity index (χ2n) is 4.85. The Hall–Kier alpha value is -0.900. The average molecular weight is 250 g/mol. The van der Waals surface area contributed by atoms with Crippen molar-refractivity contribution in [3.05, 3.63) is 35.4 Å². The Kier molecular flexibility index (Phi) is 6.33. The highest BCUT2D eigenvalue weighted by molar-refractivity contribution is 5.25. The summed E-state index contributed by atoms with van der Waals surface area (Å²) in [5, 5.41) is 0. The predicted octanol–water partition coefficient (Wildman–Crippen LogP) is 2.56. The Balaban J connectivity index is 2.81. The second kappa shape index (κ2) is 7.52. The lowest BCUT2D eigenvalue weighted by Crippen LogP contribution is -2.36. The number of nitrogens with two attached hydrogens (primary N) is 1. The highest BCUT2D eigenvalue weighted by atomic mass is 16.5. The number of methoxy groups -OCH3 is 1. The van der Waals surface area contributed by atoms with E-state index in [0.717, 1.165) is 6.42 Å². The maximum absolute atomic E-state index is 5.93. The standard InChI is InChI=1S/C15H26N2O/c1-5-12(2)17(3)15(10-16)14-8-6-13(7-9-14)11-18-4/h6-9,12,15H,5,10-11,16H2,1-4H3. The SMILES string of the molecule is CCC(C)N(C)C(CN)c1ccc(COC)cc1. The van der Waals surface area contributed by atoms with Crippen molar-refractivity contribution in [3.63, 3.8) is 0 Å². The van der Waals surface area contributed by atoms with Gasteiger partial charge in [-0.1, -0.05) is 31.2 Å². The summed E-state index contributed by atoms with van der Waals surface area (Å²) in [6, 6.07) is 9.38. The first kappa shape index (κ1) is 15.2. The number of ether oxygens (including phenoxy) is 1. The Morgan fingerprint density at radius 2 is 1.89 bits per heavy atom. The van der Waals surface area contributed by atoms with Crippen LogP contribution in [0.1, 0.15) is 37.4 Å². The van der Waals surface area contributed by atoms with Gasteiger partial charge in [-0.05, 0) is 31.5 Å². The van der Waals surface area contributed by atoms with Crippen molar-refractivity contribution in [1.82, 2.24) is 4.90 Å². The molecule has 0 saturated carbocycles. The third-order valence-electron chi connectivity index (χ3n) is 3.68. The minimum absolute atomic E-state index is 0.288. The molecule has 0 heterocycles. The molecule has 0 spiro atoms. The summed E-state index contributed by atoms with van der Waals surface area (Å²) in [7, 11) is 3.86. The number of hydrogen-bond acceptors (Lipinski definition) is 3. The van der Waals surface area contributed by atoms with Gasteiger partial charge in [0.25, 0.3) is 0 Å². The summed E-state index contributed by atoms with van der Waals surface area (Å²) in [6.45, 7) is 5.75. The van der Waals surface area contributed by atoms with E-state index in [4.69, 9.17) is 10.5 Å². The summed E-state index contributed by atoms with van der Waals surface area (Å²) in [5.41, 5.74) is 8.40. The zero-order valence-corrected chi connectivity index (χ0v) is 12.0. The molecular weight excluding hydrogens is 224 g/mol. The molecule has 0 fully saturated rings. The molecule has 102 valence electrons. The molecule has 0 aliphatic rings. The molecule has 18 heavy (non-hydrogen) atoms. The Labute approximate surface area is 111 Å². The van der Waals surface area contributed by atoms with Crippen molar-refractivity contribution in [2.75, 3.05) is 20.7 Å². The van der Waals surface area contributed by atoms with Crippen LogP contribution in [-0.2, 0) is 11.3 Å². The fourth-order valence-electron chi connectivity index (χ4n) is 2.14. The van der Waals surface area contributed by atoms with Crippen LogP contribution in [0.5, 0.6) is 0 Å². The lowest BCUT2D eigenvalue weighted by molar-refractivity contribution is 0.182. The lowest BCUT2D eigenvalue weighted by Gasteiger charge is -2.32. The number of likely N-dealkylation sites (N-methyl/N-ethyl adjacent to an activating group) is 1. The van der Waals surface area contributed by atoms with Crippen molar-refractivity contribution in [2.24, 2.45) is 5.73 Å². The average Bonchev–Trinajstić information content (AvgIpc) is 2.40. The van der Waals surface area contributed by atoms with Crippen LogP contribution >= 0.6 is 0 Å². The van der Waals surface area contributed by atoms with E-state index in [9.17, 15) is 0 Å². The van der Waals surface area contributed by atoms with Crippen LogP contribution in [0.3, 0.4) is 0 Å². The molecule has 0 aliphatic heterocycles. The van der Waals surface area contributed by atoms with Crippen LogP contribution < -0.4 is 5.73 Å². The van der Waals surface area contributed by atoms with Crippen molar-refractivity contribution in [1.29, 1.82) is 0 Å². The van der Waals surface area contributed by atoms with Crippen LogP contribution in [0.2, 0.25) is 0 Å². The van der Waals surface area contributed by atoms with Gasteiger partial charge in [-0.2, -0.15) is 0 Å². The third-order valence-corrected chi connectivity index (χ3v) is 3.68. The van der Waals surface area contributed by atoms with Gasteiger partial charge in [0.15, 0.2) is 0 Å². The molecule has 0 radical (unpaired) electrons. The summed E-state index contributed by atoms with van der Waals surface area (Å²) < 4.78 is 5.12. The minimum Gasteiger partial charge on any atom is -0.380 e. The molecule has 3 heteroatoms.